The van der Waals surface area contributed by atoms with Crippen molar-refractivity contribution in [2.75, 3.05) is 7.05 Å². The van der Waals surface area contributed by atoms with E-state index in [2.05, 4.69) is 21.2 Å². The molecule has 0 bridgehead atoms. The molecule has 0 spiro atoms. The molecule has 2 rings (SSSR count). The van der Waals surface area contributed by atoms with Gasteiger partial charge in [-0.05, 0) is 38.1 Å². The molecule has 1 aliphatic carbocycles. The van der Waals surface area contributed by atoms with E-state index in [9.17, 15) is 4.79 Å². The third-order valence-corrected chi connectivity index (χ3v) is 5.27. The van der Waals surface area contributed by atoms with Crippen LogP contribution in [-0.2, 0) is 4.74 Å². The predicted molar refractivity (Wildman–Crippen MR) is 104 cm³/mol. The third-order valence-electron chi connectivity index (χ3n) is 4.11. The molecule has 0 amide bonds. The maximum atomic E-state index is 12.4. The second-order valence-corrected chi connectivity index (χ2v) is 6.66. The monoisotopic (exact) mass is 485 g/mol. The van der Waals surface area contributed by atoms with E-state index < -0.39 is 5.97 Å². The van der Waals surface area contributed by atoms with E-state index in [0.717, 1.165) is 25.7 Å². The second-order valence-electron chi connectivity index (χ2n) is 5.38. The minimum atomic E-state index is -0.440. The summed E-state index contributed by atoms with van der Waals surface area (Å²) in [5.74, 6) is 0.162. The highest BCUT2D eigenvalue weighted by atomic mass is 79.9. The van der Waals surface area contributed by atoms with Crippen LogP contribution in [0.25, 0.3) is 0 Å². The molecule has 0 aliphatic heterocycles. The Morgan fingerprint density at radius 3 is 2.43 bits per heavy atom. The van der Waals surface area contributed by atoms with Crippen LogP contribution >= 0.6 is 56.1 Å². The Kier molecular flexibility index (Phi) is 8.59. The molecular weight excluding hydrogens is 469 g/mol. The van der Waals surface area contributed by atoms with Gasteiger partial charge in [-0.3, -0.25) is 0 Å². The molecule has 1 aliphatic rings. The van der Waals surface area contributed by atoms with Crippen LogP contribution in [0.2, 0.25) is 10.0 Å². The highest BCUT2D eigenvalue weighted by Gasteiger charge is 2.37. The van der Waals surface area contributed by atoms with Crippen molar-refractivity contribution in [3.8, 4) is 0 Å². The number of halogens is 4. The number of hydrogen-bond donors (Lipinski definition) is 1. The molecule has 0 radical (unpaired) electrons. The average Bonchev–Trinajstić information content (AvgIpc) is 2.55. The molecule has 0 atom stereocenters. The minimum absolute atomic E-state index is 0. The van der Waals surface area contributed by atoms with E-state index in [4.69, 9.17) is 27.9 Å². The van der Waals surface area contributed by atoms with E-state index in [1.165, 1.54) is 12.5 Å². The lowest BCUT2D eigenvalue weighted by Crippen LogP contribution is -2.47. The molecule has 1 aromatic rings. The van der Waals surface area contributed by atoms with E-state index in [0.29, 0.717) is 21.4 Å². The number of likely N-dealkylation sites (N-methyl/N-ethyl adjacent to an activating group) is 1. The van der Waals surface area contributed by atoms with Gasteiger partial charge in [-0.1, -0.05) is 58.4 Å². The lowest BCUT2D eigenvalue weighted by atomic mass is 9.80. The normalized spacial score (nSPS) is 17.3. The molecule has 1 saturated carbocycles. The van der Waals surface area contributed by atoms with Gasteiger partial charge in [-0.25, -0.2) is 4.79 Å². The fourth-order valence-electron chi connectivity index (χ4n) is 2.78. The van der Waals surface area contributed by atoms with Gasteiger partial charge in [0.1, 0.15) is 5.76 Å². The van der Waals surface area contributed by atoms with Gasteiger partial charge in [0.15, 0.2) is 0 Å². The van der Waals surface area contributed by atoms with Gasteiger partial charge in [0, 0.05) is 4.99 Å². The van der Waals surface area contributed by atoms with Gasteiger partial charge in [0.25, 0.3) is 0 Å². The van der Waals surface area contributed by atoms with Crippen LogP contribution in [0.4, 0.5) is 0 Å². The number of ether oxygens (including phenoxy) is 1. The van der Waals surface area contributed by atoms with Crippen LogP contribution in [0.1, 0.15) is 42.5 Å². The molecule has 1 N–H and O–H groups in total. The van der Waals surface area contributed by atoms with Crippen LogP contribution in [-0.4, -0.2) is 18.6 Å². The molecule has 23 heavy (non-hydrogen) atoms. The first-order chi connectivity index (χ1) is 10.5. The second kappa shape index (κ2) is 9.42. The Bertz CT molecular complexity index is 587. The van der Waals surface area contributed by atoms with Crippen LogP contribution < -0.4 is 5.32 Å². The smallest absolute Gasteiger partial charge is 0.343 e. The lowest BCUT2D eigenvalue weighted by molar-refractivity contribution is 0.0535. The zero-order chi connectivity index (χ0) is 16.2. The number of benzene rings is 1. The Morgan fingerprint density at radius 1 is 1.26 bits per heavy atom. The summed E-state index contributed by atoms with van der Waals surface area (Å²) >= 11 is 15.2. The number of hydrogen-bond acceptors (Lipinski definition) is 3. The third kappa shape index (κ3) is 4.95. The SMILES string of the molecule is Br.CNC1(/C(=C\Br)OC(=O)c2ccc(Cl)c(Cl)c2)CCCCC1. The fraction of sp³-hybridized carbons (Fsp3) is 0.438. The molecule has 128 valence electrons. The van der Waals surface area contributed by atoms with Crippen LogP contribution in [0.5, 0.6) is 0 Å². The van der Waals surface area contributed by atoms with Crippen molar-refractivity contribution >= 4 is 62.1 Å². The predicted octanol–water partition coefficient (Wildman–Crippen LogP) is 5.89. The fourth-order valence-corrected chi connectivity index (χ4v) is 3.61. The maximum absolute atomic E-state index is 12.4. The summed E-state index contributed by atoms with van der Waals surface area (Å²) in [5.41, 5.74) is 0.0801. The number of nitrogens with one attached hydrogen (secondary N) is 1. The van der Waals surface area contributed by atoms with E-state index in [-0.39, 0.29) is 22.5 Å². The zero-order valence-electron chi connectivity index (χ0n) is 12.7. The Morgan fingerprint density at radius 2 is 1.91 bits per heavy atom. The van der Waals surface area contributed by atoms with Gasteiger partial charge in [-0.15, -0.1) is 17.0 Å². The van der Waals surface area contributed by atoms with Gasteiger partial charge < -0.3 is 10.1 Å². The highest BCUT2D eigenvalue weighted by Crippen LogP contribution is 2.35. The molecule has 1 fully saturated rings. The van der Waals surface area contributed by atoms with Gasteiger partial charge in [0.2, 0.25) is 0 Å². The van der Waals surface area contributed by atoms with Crippen molar-refractivity contribution in [1.29, 1.82) is 0 Å². The molecule has 1 aromatic carbocycles. The molecule has 0 aromatic heterocycles. The largest absolute Gasteiger partial charge is 0.425 e. The van der Waals surface area contributed by atoms with Gasteiger partial charge in [-0.2, -0.15) is 0 Å². The average molecular weight is 488 g/mol. The van der Waals surface area contributed by atoms with Crippen LogP contribution in [0, 0.1) is 0 Å². The molecule has 0 saturated heterocycles. The molecule has 0 unspecified atom stereocenters. The number of rotatable bonds is 4. The zero-order valence-corrected chi connectivity index (χ0v) is 17.5. The first kappa shape index (κ1) is 21.0. The molecule has 7 heteroatoms. The lowest BCUT2D eigenvalue weighted by Gasteiger charge is -2.37. The van der Waals surface area contributed by atoms with Crippen LogP contribution in [0.3, 0.4) is 0 Å². The van der Waals surface area contributed by atoms with E-state index in [1.54, 1.807) is 17.1 Å². The first-order valence-electron chi connectivity index (χ1n) is 7.19. The topological polar surface area (TPSA) is 38.3 Å². The minimum Gasteiger partial charge on any atom is -0.425 e. The number of esters is 1. The number of carbonyl (C=O) groups excluding carboxylic acids is 1. The van der Waals surface area contributed by atoms with Crippen molar-refractivity contribution in [3.05, 3.63) is 44.6 Å². The standard InChI is InChI=1S/C16H18BrCl2NO2.BrH/c1-20-16(7-3-2-4-8-16)14(10-17)22-15(21)11-5-6-12(18)13(19)9-11;/h5-6,9-10,20H,2-4,7-8H2,1H3;1H/b14-10+;. The quantitative estimate of drug-likeness (QED) is 0.425. The van der Waals surface area contributed by atoms with E-state index >= 15 is 0 Å². The summed E-state index contributed by atoms with van der Waals surface area (Å²) in [5, 5.41) is 4.07. The first-order valence-corrected chi connectivity index (χ1v) is 8.86. The summed E-state index contributed by atoms with van der Waals surface area (Å²) in [4.78, 5) is 14.0. The maximum Gasteiger partial charge on any atom is 0.343 e. The molecule has 3 nitrogen and oxygen atoms in total. The Hall–Kier alpha value is -0.0700. The summed E-state index contributed by atoms with van der Waals surface area (Å²) < 4.78 is 5.63. The van der Waals surface area contributed by atoms with Crippen molar-refractivity contribution in [2.45, 2.75) is 37.6 Å². The molecular formula is C16H19Br2Cl2NO2. The highest BCUT2D eigenvalue weighted by molar-refractivity contribution is 9.11. The van der Waals surface area contributed by atoms with Crippen LogP contribution in [0.15, 0.2) is 28.9 Å². The Balaban J connectivity index is 0.00000264. The Labute approximate surface area is 165 Å². The molecule has 0 heterocycles. The summed E-state index contributed by atoms with van der Waals surface area (Å²) in [6.07, 6.45) is 5.30. The van der Waals surface area contributed by atoms with Crippen molar-refractivity contribution in [1.82, 2.24) is 5.32 Å². The van der Waals surface area contributed by atoms with Crippen molar-refractivity contribution in [2.24, 2.45) is 0 Å². The summed E-state index contributed by atoms with van der Waals surface area (Å²) in [6, 6.07) is 4.72. The van der Waals surface area contributed by atoms with E-state index in [1.807, 2.05) is 7.05 Å². The van der Waals surface area contributed by atoms with Crippen molar-refractivity contribution in [3.63, 3.8) is 0 Å². The number of carbonyl (C=O) groups is 1. The van der Waals surface area contributed by atoms with Crippen molar-refractivity contribution < 1.29 is 9.53 Å². The van der Waals surface area contributed by atoms with Gasteiger partial charge >= 0.3 is 5.97 Å². The van der Waals surface area contributed by atoms with Gasteiger partial charge in [0.05, 0.1) is 21.1 Å². The summed E-state index contributed by atoms with van der Waals surface area (Å²) in [6.45, 7) is 0. The summed E-state index contributed by atoms with van der Waals surface area (Å²) in [7, 11) is 1.90.